The van der Waals surface area contributed by atoms with Crippen molar-refractivity contribution < 1.29 is 0 Å². The summed E-state index contributed by atoms with van der Waals surface area (Å²) in [6.07, 6.45) is 6.87. The van der Waals surface area contributed by atoms with Gasteiger partial charge < -0.3 is 5.32 Å². The van der Waals surface area contributed by atoms with Gasteiger partial charge in [-0.05, 0) is 56.4 Å². The molecule has 5 atom stereocenters. The molecule has 0 bridgehead atoms. The first-order chi connectivity index (χ1) is 9.89. The van der Waals surface area contributed by atoms with Crippen LogP contribution in [-0.2, 0) is 0 Å². The normalized spacial score (nSPS) is 38.9. The molecule has 2 fully saturated rings. The third kappa shape index (κ3) is 3.82. The fourth-order valence-electron chi connectivity index (χ4n) is 4.81. The van der Waals surface area contributed by atoms with E-state index in [4.69, 9.17) is 0 Å². The topological polar surface area (TPSA) is 15.3 Å². The molecule has 0 amide bonds. The fraction of sp³-hybridized carbons (Fsp3) is 1.00. The fourth-order valence-corrected chi connectivity index (χ4v) is 4.81. The summed E-state index contributed by atoms with van der Waals surface area (Å²) in [6.45, 7) is 16.9. The second-order valence-corrected chi connectivity index (χ2v) is 8.47. The van der Waals surface area contributed by atoms with Crippen LogP contribution in [0.15, 0.2) is 0 Å². The third-order valence-corrected chi connectivity index (χ3v) is 6.56. The Balaban J connectivity index is 2.11. The van der Waals surface area contributed by atoms with Crippen LogP contribution in [0, 0.1) is 17.3 Å². The van der Waals surface area contributed by atoms with E-state index in [2.05, 4.69) is 51.8 Å². The Morgan fingerprint density at radius 1 is 1.10 bits per heavy atom. The van der Waals surface area contributed by atoms with Crippen molar-refractivity contribution in [3.63, 3.8) is 0 Å². The van der Waals surface area contributed by atoms with Gasteiger partial charge in [0.15, 0.2) is 0 Å². The quantitative estimate of drug-likeness (QED) is 0.813. The molecule has 1 heterocycles. The van der Waals surface area contributed by atoms with Crippen molar-refractivity contribution in [2.45, 2.75) is 91.8 Å². The van der Waals surface area contributed by atoms with Crippen LogP contribution in [0.25, 0.3) is 0 Å². The average Bonchev–Trinajstić information content (AvgIpc) is 2.78. The maximum absolute atomic E-state index is 3.80. The summed E-state index contributed by atoms with van der Waals surface area (Å²) in [6, 6.07) is 2.25. The number of nitrogens with zero attached hydrogens (tertiary/aromatic N) is 1. The minimum absolute atomic E-state index is 0.504. The predicted octanol–water partition coefficient (Wildman–Crippen LogP) is 4.30. The van der Waals surface area contributed by atoms with Crippen LogP contribution in [0.4, 0.5) is 0 Å². The molecule has 21 heavy (non-hydrogen) atoms. The molecule has 2 nitrogen and oxygen atoms in total. The highest BCUT2D eigenvalue weighted by Crippen LogP contribution is 2.43. The SMILES string of the molecule is CCNC1CCC(C(C)(C)CC)CC1N1CC(C)CC1C. The van der Waals surface area contributed by atoms with Gasteiger partial charge in [0.05, 0.1) is 0 Å². The van der Waals surface area contributed by atoms with Crippen molar-refractivity contribution in [1.29, 1.82) is 0 Å². The van der Waals surface area contributed by atoms with E-state index in [0.29, 0.717) is 11.5 Å². The number of hydrogen-bond acceptors (Lipinski definition) is 2. The summed E-state index contributed by atoms with van der Waals surface area (Å²) >= 11 is 0. The Morgan fingerprint density at radius 2 is 1.81 bits per heavy atom. The lowest BCUT2D eigenvalue weighted by Gasteiger charge is -2.47. The van der Waals surface area contributed by atoms with Gasteiger partial charge in [0, 0.05) is 24.7 Å². The van der Waals surface area contributed by atoms with Gasteiger partial charge in [0.2, 0.25) is 0 Å². The summed E-state index contributed by atoms with van der Waals surface area (Å²) in [5.41, 5.74) is 0.504. The van der Waals surface area contributed by atoms with Crippen LogP contribution in [0.1, 0.15) is 73.6 Å². The largest absolute Gasteiger partial charge is 0.313 e. The van der Waals surface area contributed by atoms with Gasteiger partial charge in [0.25, 0.3) is 0 Å². The first-order valence-corrected chi connectivity index (χ1v) is 9.38. The van der Waals surface area contributed by atoms with E-state index in [1.807, 2.05) is 0 Å². The van der Waals surface area contributed by atoms with E-state index in [0.717, 1.165) is 30.5 Å². The summed E-state index contributed by atoms with van der Waals surface area (Å²) in [7, 11) is 0. The minimum Gasteiger partial charge on any atom is -0.313 e. The Kier molecular flexibility index (Phi) is 5.76. The molecular formula is C19H38N2. The first-order valence-electron chi connectivity index (χ1n) is 9.38. The standard InChI is InChI=1S/C19H38N2/c1-7-19(5,6)16-9-10-17(20-8-2)18(12-16)21-13-14(3)11-15(21)4/h14-18,20H,7-13H2,1-6H3. The summed E-state index contributed by atoms with van der Waals surface area (Å²) in [4.78, 5) is 2.84. The molecule has 1 aliphatic heterocycles. The zero-order chi connectivity index (χ0) is 15.6. The zero-order valence-electron chi connectivity index (χ0n) is 15.3. The van der Waals surface area contributed by atoms with Gasteiger partial charge in [-0.2, -0.15) is 0 Å². The molecule has 1 saturated carbocycles. The Morgan fingerprint density at radius 3 is 2.33 bits per heavy atom. The lowest BCUT2D eigenvalue weighted by atomic mass is 9.67. The maximum Gasteiger partial charge on any atom is 0.0255 e. The van der Waals surface area contributed by atoms with E-state index in [1.165, 1.54) is 38.6 Å². The van der Waals surface area contributed by atoms with Crippen molar-refractivity contribution in [2.24, 2.45) is 17.3 Å². The van der Waals surface area contributed by atoms with Gasteiger partial charge in [-0.3, -0.25) is 4.90 Å². The molecule has 2 rings (SSSR count). The monoisotopic (exact) mass is 294 g/mol. The molecule has 2 aliphatic rings. The molecule has 124 valence electrons. The van der Waals surface area contributed by atoms with Crippen LogP contribution in [0.3, 0.4) is 0 Å². The third-order valence-electron chi connectivity index (χ3n) is 6.56. The molecule has 0 aromatic heterocycles. The molecular weight excluding hydrogens is 256 g/mol. The van der Waals surface area contributed by atoms with E-state index < -0.39 is 0 Å². The molecule has 1 N–H and O–H groups in total. The van der Waals surface area contributed by atoms with Crippen molar-refractivity contribution in [3.8, 4) is 0 Å². The molecule has 1 saturated heterocycles. The highest BCUT2D eigenvalue weighted by Gasteiger charge is 2.42. The second kappa shape index (κ2) is 7.00. The van der Waals surface area contributed by atoms with Crippen LogP contribution < -0.4 is 5.32 Å². The van der Waals surface area contributed by atoms with Crippen LogP contribution in [0.2, 0.25) is 0 Å². The van der Waals surface area contributed by atoms with Crippen LogP contribution in [-0.4, -0.2) is 36.1 Å². The zero-order valence-corrected chi connectivity index (χ0v) is 15.3. The second-order valence-electron chi connectivity index (χ2n) is 8.47. The van der Waals surface area contributed by atoms with E-state index in [9.17, 15) is 0 Å². The molecule has 0 radical (unpaired) electrons. The number of hydrogen-bond donors (Lipinski definition) is 1. The lowest BCUT2D eigenvalue weighted by molar-refractivity contribution is 0.0458. The van der Waals surface area contributed by atoms with Crippen LogP contribution in [0.5, 0.6) is 0 Å². The molecule has 1 aliphatic carbocycles. The predicted molar refractivity (Wildman–Crippen MR) is 92.6 cm³/mol. The summed E-state index contributed by atoms with van der Waals surface area (Å²) in [5, 5.41) is 3.80. The lowest BCUT2D eigenvalue weighted by Crippen LogP contribution is -2.55. The smallest absolute Gasteiger partial charge is 0.0255 e. The van der Waals surface area contributed by atoms with E-state index >= 15 is 0 Å². The van der Waals surface area contributed by atoms with E-state index in [1.54, 1.807) is 0 Å². The molecule has 0 aromatic carbocycles. The highest BCUT2D eigenvalue weighted by molar-refractivity contribution is 4.98. The highest BCUT2D eigenvalue weighted by atomic mass is 15.2. The number of likely N-dealkylation sites (N-methyl/N-ethyl adjacent to an activating group) is 1. The molecule has 0 aromatic rings. The minimum atomic E-state index is 0.504. The van der Waals surface area contributed by atoms with Gasteiger partial charge in [-0.25, -0.2) is 0 Å². The molecule has 5 unspecified atom stereocenters. The van der Waals surface area contributed by atoms with Gasteiger partial charge >= 0.3 is 0 Å². The molecule has 2 heteroatoms. The first kappa shape index (κ1) is 17.3. The average molecular weight is 295 g/mol. The molecule has 0 spiro atoms. The van der Waals surface area contributed by atoms with E-state index in [-0.39, 0.29) is 0 Å². The van der Waals surface area contributed by atoms with Crippen molar-refractivity contribution in [3.05, 3.63) is 0 Å². The Bertz CT molecular complexity index is 326. The van der Waals surface area contributed by atoms with Crippen molar-refractivity contribution >= 4 is 0 Å². The maximum atomic E-state index is 3.80. The summed E-state index contributed by atoms with van der Waals surface area (Å²) in [5.74, 6) is 1.77. The van der Waals surface area contributed by atoms with Gasteiger partial charge in [-0.1, -0.05) is 41.0 Å². The number of likely N-dealkylation sites (tertiary alicyclic amines) is 1. The number of rotatable bonds is 5. The van der Waals surface area contributed by atoms with Gasteiger partial charge in [-0.15, -0.1) is 0 Å². The van der Waals surface area contributed by atoms with Crippen molar-refractivity contribution in [1.82, 2.24) is 10.2 Å². The Labute approximate surface area is 133 Å². The van der Waals surface area contributed by atoms with Gasteiger partial charge in [0.1, 0.15) is 0 Å². The Hall–Kier alpha value is -0.0800. The van der Waals surface area contributed by atoms with Crippen LogP contribution >= 0.6 is 0 Å². The van der Waals surface area contributed by atoms with Crippen molar-refractivity contribution in [2.75, 3.05) is 13.1 Å². The number of nitrogens with one attached hydrogen (secondary N) is 1. The summed E-state index contributed by atoms with van der Waals surface area (Å²) < 4.78 is 0.